The van der Waals surface area contributed by atoms with Crippen molar-refractivity contribution in [3.05, 3.63) is 67.8 Å². The van der Waals surface area contributed by atoms with Gasteiger partial charge in [0.05, 0.1) is 10.9 Å². The fourth-order valence-electron chi connectivity index (χ4n) is 1.99. The Morgan fingerprint density at radius 3 is 2.81 bits per heavy atom. The zero-order chi connectivity index (χ0) is 15.4. The third-order valence-corrected chi connectivity index (χ3v) is 4.75. The highest BCUT2D eigenvalue weighted by molar-refractivity contribution is 9.10. The molecule has 0 aliphatic heterocycles. The van der Waals surface area contributed by atoms with E-state index in [0.29, 0.717) is 18.7 Å². The summed E-state index contributed by atoms with van der Waals surface area (Å²) in [7, 11) is 0. The molecule has 0 spiro atoms. The minimum atomic E-state index is -0.00165. The van der Waals surface area contributed by atoms with Gasteiger partial charge in [-0.3, -0.25) is 4.79 Å². The van der Waals surface area contributed by atoms with E-state index >= 15 is 0 Å². The molecule has 0 aliphatic rings. The van der Waals surface area contributed by atoms with Gasteiger partial charge in [-0.05, 0) is 36.8 Å². The molecule has 0 saturated carbocycles. The number of halogens is 2. The molecule has 21 heavy (non-hydrogen) atoms. The third-order valence-electron chi connectivity index (χ3n) is 3.04. The van der Waals surface area contributed by atoms with Crippen molar-refractivity contribution in [3.63, 3.8) is 0 Å². The lowest BCUT2D eigenvalue weighted by atomic mass is 10.1. The zero-order valence-corrected chi connectivity index (χ0v) is 14.8. The highest BCUT2D eigenvalue weighted by Gasteiger charge is 2.18. The second kappa shape index (κ2) is 7.25. The Hall–Kier alpha value is -1.10. The molecule has 5 heteroatoms. The number of rotatable bonds is 5. The summed E-state index contributed by atoms with van der Waals surface area (Å²) in [6.07, 6.45) is 1.74. The van der Waals surface area contributed by atoms with Gasteiger partial charge in [-0.2, -0.15) is 0 Å². The van der Waals surface area contributed by atoms with E-state index < -0.39 is 0 Å². The lowest BCUT2D eigenvalue weighted by molar-refractivity contribution is 0.0763. The summed E-state index contributed by atoms with van der Waals surface area (Å²) < 4.78 is 1.63. The Labute approximate surface area is 142 Å². The van der Waals surface area contributed by atoms with Crippen molar-refractivity contribution in [2.75, 3.05) is 6.54 Å². The second-order valence-corrected chi connectivity index (χ2v) is 7.35. The van der Waals surface area contributed by atoms with Crippen LogP contribution in [-0.4, -0.2) is 17.4 Å². The van der Waals surface area contributed by atoms with Crippen LogP contribution >= 0.6 is 38.9 Å². The van der Waals surface area contributed by atoms with Gasteiger partial charge in [0.25, 0.3) is 5.91 Å². The number of nitrogens with zero attached hydrogens (tertiary/aromatic N) is 1. The summed E-state index contributed by atoms with van der Waals surface area (Å²) in [6, 6.07) is 9.52. The van der Waals surface area contributed by atoms with Gasteiger partial charge < -0.3 is 4.90 Å². The van der Waals surface area contributed by atoms with E-state index in [4.69, 9.17) is 11.6 Å². The Kier molecular flexibility index (Phi) is 5.62. The molecular weight excluding hydrogens is 370 g/mol. The molecule has 0 bridgehead atoms. The van der Waals surface area contributed by atoms with Crippen molar-refractivity contribution in [2.45, 2.75) is 13.5 Å². The number of carbonyl (C=O) groups excluding carboxylic acids is 1. The Bertz CT molecular complexity index is 668. The van der Waals surface area contributed by atoms with Crippen LogP contribution in [0, 0.1) is 6.92 Å². The monoisotopic (exact) mass is 383 g/mol. The predicted octanol–water partition coefficient (Wildman–Crippen LogP) is 5.30. The van der Waals surface area contributed by atoms with Crippen molar-refractivity contribution in [2.24, 2.45) is 0 Å². The van der Waals surface area contributed by atoms with Crippen LogP contribution in [0.15, 0.2) is 47.5 Å². The molecular formula is C16H15BrClNOS. The minimum absolute atomic E-state index is 0.00165. The fraction of sp³-hybridized carbons (Fsp3) is 0.188. The molecule has 1 aromatic heterocycles. The largest absolute Gasteiger partial charge is 0.330 e. The average Bonchev–Trinajstić information content (AvgIpc) is 2.86. The van der Waals surface area contributed by atoms with E-state index in [0.717, 1.165) is 19.2 Å². The first kappa shape index (κ1) is 16.3. The lowest BCUT2D eigenvalue weighted by Gasteiger charge is -2.21. The molecule has 1 aromatic carbocycles. The van der Waals surface area contributed by atoms with Gasteiger partial charge in [0.2, 0.25) is 0 Å². The van der Waals surface area contributed by atoms with Crippen LogP contribution in [0.25, 0.3) is 0 Å². The zero-order valence-electron chi connectivity index (χ0n) is 11.6. The Morgan fingerprint density at radius 1 is 1.43 bits per heavy atom. The number of carbonyl (C=O) groups is 1. The van der Waals surface area contributed by atoms with E-state index in [1.54, 1.807) is 11.0 Å². The molecule has 2 aromatic rings. The van der Waals surface area contributed by atoms with Gasteiger partial charge in [-0.1, -0.05) is 39.7 Å². The summed E-state index contributed by atoms with van der Waals surface area (Å²) in [4.78, 5) is 15.6. The molecule has 0 aliphatic carbocycles. The first-order valence-corrected chi connectivity index (χ1v) is 8.40. The predicted molar refractivity (Wildman–Crippen MR) is 93.1 cm³/mol. The maximum atomic E-state index is 12.7. The maximum Gasteiger partial charge on any atom is 0.254 e. The Morgan fingerprint density at radius 2 is 2.19 bits per heavy atom. The number of thiophene rings is 1. The molecule has 1 amide bonds. The van der Waals surface area contributed by atoms with Crippen molar-refractivity contribution in [1.82, 2.24) is 4.90 Å². The quantitative estimate of drug-likeness (QED) is 0.640. The summed E-state index contributed by atoms with van der Waals surface area (Å²) in [5.41, 5.74) is 1.66. The van der Waals surface area contributed by atoms with Crippen LogP contribution in [0.1, 0.15) is 20.8 Å². The highest BCUT2D eigenvalue weighted by atomic mass is 79.9. The Balaban J connectivity index is 2.26. The normalized spacial score (nSPS) is 10.4. The van der Waals surface area contributed by atoms with E-state index in [-0.39, 0.29) is 5.91 Å². The smallest absolute Gasteiger partial charge is 0.254 e. The molecule has 0 radical (unpaired) electrons. The molecule has 1 heterocycles. The molecule has 2 rings (SSSR count). The summed E-state index contributed by atoms with van der Waals surface area (Å²) >= 11 is 10.9. The lowest BCUT2D eigenvalue weighted by Crippen LogP contribution is -2.30. The van der Waals surface area contributed by atoms with E-state index in [9.17, 15) is 4.79 Å². The number of amides is 1. The van der Waals surface area contributed by atoms with Gasteiger partial charge in [0, 0.05) is 21.5 Å². The average molecular weight is 385 g/mol. The van der Waals surface area contributed by atoms with Crippen LogP contribution in [-0.2, 0) is 6.54 Å². The van der Waals surface area contributed by atoms with Crippen LogP contribution in [0.2, 0.25) is 4.34 Å². The highest BCUT2D eigenvalue weighted by Crippen LogP contribution is 2.24. The van der Waals surface area contributed by atoms with Crippen molar-refractivity contribution in [1.29, 1.82) is 0 Å². The molecule has 2 nitrogen and oxygen atoms in total. The first-order valence-electron chi connectivity index (χ1n) is 6.42. The van der Waals surface area contributed by atoms with Crippen molar-refractivity contribution in [3.8, 4) is 0 Å². The topological polar surface area (TPSA) is 20.3 Å². The van der Waals surface area contributed by atoms with Crippen molar-refractivity contribution >= 4 is 44.8 Å². The third kappa shape index (κ3) is 4.19. The van der Waals surface area contributed by atoms with E-state index in [1.165, 1.54) is 11.3 Å². The molecule has 110 valence electrons. The van der Waals surface area contributed by atoms with Gasteiger partial charge in [-0.25, -0.2) is 0 Å². The molecule has 0 saturated heterocycles. The van der Waals surface area contributed by atoms with Gasteiger partial charge in [-0.15, -0.1) is 17.9 Å². The fourth-order valence-corrected chi connectivity index (χ4v) is 3.46. The number of aryl methyl sites for hydroxylation is 1. The molecule has 0 fully saturated rings. The summed E-state index contributed by atoms with van der Waals surface area (Å²) in [5, 5.41) is 0. The summed E-state index contributed by atoms with van der Waals surface area (Å²) in [6.45, 7) is 6.71. The van der Waals surface area contributed by atoms with E-state index in [2.05, 4.69) is 22.5 Å². The standard InChI is InChI=1S/C16H15BrClNOS/c1-3-8-19(10-13-6-7-15(18)21-13)16(20)14-9-12(17)5-4-11(14)2/h3-7,9H,1,8,10H2,2H3. The second-order valence-electron chi connectivity index (χ2n) is 4.64. The van der Waals surface area contributed by atoms with Crippen LogP contribution in [0.3, 0.4) is 0 Å². The number of hydrogen-bond donors (Lipinski definition) is 0. The molecule has 0 atom stereocenters. The first-order chi connectivity index (χ1) is 10.0. The number of benzene rings is 1. The van der Waals surface area contributed by atoms with Crippen LogP contribution in [0.4, 0.5) is 0 Å². The van der Waals surface area contributed by atoms with Gasteiger partial charge in [0.15, 0.2) is 0 Å². The van der Waals surface area contributed by atoms with Gasteiger partial charge in [0.1, 0.15) is 0 Å². The molecule has 0 N–H and O–H groups in total. The van der Waals surface area contributed by atoms with Crippen molar-refractivity contribution < 1.29 is 4.79 Å². The maximum absolute atomic E-state index is 12.7. The van der Waals surface area contributed by atoms with Gasteiger partial charge >= 0.3 is 0 Å². The molecule has 0 unspecified atom stereocenters. The number of hydrogen-bond acceptors (Lipinski definition) is 2. The van der Waals surface area contributed by atoms with Crippen LogP contribution < -0.4 is 0 Å². The van der Waals surface area contributed by atoms with Crippen LogP contribution in [0.5, 0.6) is 0 Å². The SMILES string of the molecule is C=CCN(Cc1ccc(Cl)s1)C(=O)c1cc(Br)ccc1C. The van der Waals surface area contributed by atoms with E-state index in [1.807, 2.05) is 37.3 Å². The minimum Gasteiger partial charge on any atom is -0.330 e. The summed E-state index contributed by atoms with van der Waals surface area (Å²) in [5.74, 6) is -0.00165.